The first-order chi connectivity index (χ1) is 1.41. The molecule has 0 amide bonds. The first-order valence-electron chi connectivity index (χ1n) is 0.742. The number of hydrogen-bond acceptors (Lipinski definition) is 0. The molecule has 0 saturated carbocycles. The van der Waals surface area contributed by atoms with Gasteiger partial charge in [-0.2, -0.15) is 0 Å². The Kier molecular flexibility index (Phi) is 73.7. The van der Waals surface area contributed by atoms with Crippen LogP contribution in [0.3, 0.4) is 0 Å². The first-order valence-corrected chi connectivity index (χ1v) is 0.742. The van der Waals surface area contributed by atoms with Crippen LogP contribution in [0.2, 0.25) is 0 Å². The predicted octanol–water partition coefficient (Wildman–Crippen LogP) is 0.805. The van der Waals surface area contributed by atoms with E-state index in [1.807, 2.05) is 0 Å². The van der Waals surface area contributed by atoms with Crippen molar-refractivity contribution in [2.75, 3.05) is 0 Å². The Labute approximate surface area is 56.8 Å². The van der Waals surface area contributed by atoms with E-state index in [2.05, 4.69) is 13.5 Å². The second-order valence-corrected chi connectivity index (χ2v) is 0.236. The first kappa shape index (κ1) is 17.1. The van der Waals surface area contributed by atoms with Crippen molar-refractivity contribution in [3.8, 4) is 0 Å². The molecule has 0 rings (SSSR count). The van der Waals surface area contributed by atoms with Gasteiger partial charge in [0.05, 0.1) is 0 Å². The standard InChI is InChI=1S/C3H4.2V/c1-3-2;;/h1,3H,2H2;;/q-2;;. The van der Waals surface area contributed by atoms with E-state index in [0.29, 0.717) is 0 Å². The summed E-state index contributed by atoms with van der Waals surface area (Å²) in [5.74, 6) is 0. The molecule has 0 aromatic rings. The summed E-state index contributed by atoms with van der Waals surface area (Å²) in [6.07, 6.45) is 1.25. The Hall–Kier alpha value is 0.779. The van der Waals surface area contributed by atoms with Crippen molar-refractivity contribution in [3.05, 3.63) is 19.6 Å². The molecule has 0 heterocycles. The second kappa shape index (κ2) is 21.6. The third-order valence-electron chi connectivity index (χ3n) is 0. The third-order valence-corrected chi connectivity index (χ3v) is 0. The largest absolute Gasteiger partial charge is 0.549 e. The molecule has 0 nitrogen and oxygen atoms in total. The fraction of sp³-hybridized carbons (Fsp3) is 0. The van der Waals surface area contributed by atoms with Gasteiger partial charge in [-0.1, -0.05) is 0 Å². The van der Waals surface area contributed by atoms with Gasteiger partial charge in [0.1, 0.15) is 0 Å². The monoisotopic (exact) mass is 142 g/mol. The minimum Gasteiger partial charge on any atom is -0.549 e. The van der Waals surface area contributed by atoms with Crippen molar-refractivity contribution in [1.29, 1.82) is 0 Å². The Morgan fingerprint density at radius 1 is 1.40 bits per heavy atom. The Morgan fingerprint density at radius 3 is 1.40 bits per heavy atom. The maximum Gasteiger partial charge on any atom is 0 e. The fourth-order valence-electron chi connectivity index (χ4n) is 0. The summed E-state index contributed by atoms with van der Waals surface area (Å²) in [6, 6.07) is 0. The molecule has 0 saturated heterocycles. The van der Waals surface area contributed by atoms with E-state index in [4.69, 9.17) is 0 Å². The summed E-state index contributed by atoms with van der Waals surface area (Å²) < 4.78 is 0. The Balaban J connectivity index is -0.0000000200. The van der Waals surface area contributed by atoms with Gasteiger partial charge < -0.3 is 19.6 Å². The van der Waals surface area contributed by atoms with Gasteiger partial charge in [0.25, 0.3) is 0 Å². The summed E-state index contributed by atoms with van der Waals surface area (Å²) >= 11 is 0. The van der Waals surface area contributed by atoms with Crippen LogP contribution in [0.1, 0.15) is 0 Å². The van der Waals surface area contributed by atoms with Gasteiger partial charge in [0.15, 0.2) is 0 Å². The van der Waals surface area contributed by atoms with Crippen molar-refractivity contribution in [2.24, 2.45) is 0 Å². The number of rotatable bonds is 0. The average molecular weight is 142 g/mol. The van der Waals surface area contributed by atoms with Crippen LogP contribution < -0.4 is 0 Å². The van der Waals surface area contributed by atoms with Crippen LogP contribution in [0.4, 0.5) is 0 Å². The van der Waals surface area contributed by atoms with Crippen LogP contribution in [0.25, 0.3) is 0 Å². The Morgan fingerprint density at radius 2 is 1.40 bits per heavy atom. The third kappa shape index (κ3) is 60.8. The number of allylic oxidation sites excluding steroid dienone is 1. The quantitative estimate of drug-likeness (QED) is 0.439. The van der Waals surface area contributed by atoms with Crippen molar-refractivity contribution < 1.29 is 37.1 Å². The molecule has 0 bridgehead atoms. The van der Waals surface area contributed by atoms with Crippen LogP contribution >= 0.6 is 0 Å². The van der Waals surface area contributed by atoms with E-state index in [-0.39, 0.29) is 37.1 Å². The van der Waals surface area contributed by atoms with Gasteiger partial charge >= 0.3 is 0 Å². The molecule has 0 atom stereocenters. The molecule has 0 fully saturated rings. The van der Waals surface area contributed by atoms with E-state index < -0.39 is 0 Å². The fourth-order valence-corrected chi connectivity index (χ4v) is 0. The molecule has 0 spiro atoms. The van der Waals surface area contributed by atoms with E-state index in [1.165, 1.54) is 6.08 Å². The van der Waals surface area contributed by atoms with Crippen molar-refractivity contribution >= 4 is 0 Å². The topological polar surface area (TPSA) is 0 Å². The molecule has 5 heavy (non-hydrogen) atoms. The SMILES string of the molecule is [CH-]=C[CH2-].[V].[V]. The minimum atomic E-state index is 0. The van der Waals surface area contributed by atoms with Crippen LogP contribution in [0.15, 0.2) is 6.08 Å². The molecule has 0 aromatic carbocycles. The van der Waals surface area contributed by atoms with Gasteiger partial charge in [-0.25, -0.2) is 0 Å². The molecule has 0 aromatic heterocycles. The van der Waals surface area contributed by atoms with Gasteiger partial charge in [0.2, 0.25) is 0 Å². The van der Waals surface area contributed by atoms with E-state index in [9.17, 15) is 0 Å². The molecule has 28 valence electrons. The molecule has 0 unspecified atom stereocenters. The summed E-state index contributed by atoms with van der Waals surface area (Å²) in [7, 11) is 0. The van der Waals surface area contributed by atoms with Crippen LogP contribution in [-0.4, -0.2) is 0 Å². The van der Waals surface area contributed by atoms with E-state index >= 15 is 0 Å². The number of hydrogen-bond donors (Lipinski definition) is 0. The van der Waals surface area contributed by atoms with E-state index in [1.54, 1.807) is 0 Å². The van der Waals surface area contributed by atoms with Crippen LogP contribution in [0.5, 0.6) is 0 Å². The van der Waals surface area contributed by atoms with Crippen molar-refractivity contribution in [1.82, 2.24) is 0 Å². The molecule has 0 aliphatic carbocycles. The summed E-state index contributed by atoms with van der Waals surface area (Å²) in [6.45, 7) is 7.75. The zero-order valence-corrected chi connectivity index (χ0v) is 5.55. The second-order valence-electron chi connectivity index (χ2n) is 0.236. The summed E-state index contributed by atoms with van der Waals surface area (Å²) in [4.78, 5) is 0. The maximum absolute atomic E-state index is 4.61. The molecule has 2 radical (unpaired) electrons. The van der Waals surface area contributed by atoms with Gasteiger partial charge in [0, 0.05) is 37.1 Å². The van der Waals surface area contributed by atoms with Crippen molar-refractivity contribution in [2.45, 2.75) is 0 Å². The minimum absolute atomic E-state index is 0. The predicted molar refractivity (Wildman–Crippen MR) is 14.2 cm³/mol. The smallest absolute Gasteiger partial charge is 0 e. The van der Waals surface area contributed by atoms with Crippen LogP contribution in [0, 0.1) is 13.5 Å². The van der Waals surface area contributed by atoms with Gasteiger partial charge in [-0.3, -0.25) is 0 Å². The molecule has 0 aliphatic heterocycles. The van der Waals surface area contributed by atoms with Crippen LogP contribution in [-0.2, 0) is 37.1 Å². The van der Waals surface area contributed by atoms with Crippen molar-refractivity contribution in [3.63, 3.8) is 0 Å². The zero-order chi connectivity index (χ0) is 2.71. The molecular weight excluding hydrogens is 138 g/mol. The average Bonchev–Trinajstić information content (AvgIpc) is 0.918. The van der Waals surface area contributed by atoms with Gasteiger partial charge in [-0.05, 0) is 0 Å². The normalized spacial score (nSPS) is 2.40. The molecule has 0 aliphatic rings. The Bertz CT molecular complexity index is 12.4. The van der Waals surface area contributed by atoms with Gasteiger partial charge in [-0.15, -0.1) is 0 Å². The summed E-state index contributed by atoms with van der Waals surface area (Å²) in [5, 5.41) is 0. The van der Waals surface area contributed by atoms with E-state index in [0.717, 1.165) is 0 Å². The maximum atomic E-state index is 4.61. The summed E-state index contributed by atoms with van der Waals surface area (Å²) in [5.41, 5.74) is 0. The molecule has 0 N–H and O–H groups in total. The zero-order valence-electron chi connectivity index (χ0n) is 2.76. The molecular formula is C3H4V2-2. The molecule has 2 heteroatoms.